The molecule has 9 heteroatoms. The highest BCUT2D eigenvalue weighted by Gasteiger charge is 2.43. The largest absolute Gasteiger partial charge is 0.465 e. The Kier molecular flexibility index (Phi) is 7.24. The molecule has 3 aromatic rings. The number of fused-ring (bicyclic) bond motifs is 1. The van der Waals surface area contributed by atoms with Crippen molar-refractivity contribution in [3.63, 3.8) is 0 Å². The molecule has 1 amide bonds. The van der Waals surface area contributed by atoms with Gasteiger partial charge in [-0.2, -0.15) is 0 Å². The van der Waals surface area contributed by atoms with Crippen LogP contribution in [0.5, 0.6) is 0 Å². The number of carbonyl (C=O) groups is 2. The Morgan fingerprint density at radius 1 is 1.14 bits per heavy atom. The highest BCUT2D eigenvalue weighted by Crippen LogP contribution is 2.54. The van der Waals surface area contributed by atoms with Gasteiger partial charge in [0.25, 0.3) is 0 Å². The Bertz CT molecular complexity index is 1220. The van der Waals surface area contributed by atoms with Crippen molar-refractivity contribution in [1.82, 2.24) is 14.8 Å². The smallest absolute Gasteiger partial charge is 0.341 e. The Balaban J connectivity index is 1.26. The average Bonchev–Trinajstić information content (AvgIpc) is 3.53. The van der Waals surface area contributed by atoms with E-state index in [9.17, 15) is 9.59 Å². The van der Waals surface area contributed by atoms with Crippen molar-refractivity contribution in [1.29, 1.82) is 0 Å². The minimum Gasteiger partial charge on any atom is -0.465 e. The van der Waals surface area contributed by atoms with Crippen molar-refractivity contribution in [3.05, 3.63) is 57.7 Å². The van der Waals surface area contributed by atoms with Crippen LogP contribution in [0.4, 0.5) is 5.00 Å². The summed E-state index contributed by atoms with van der Waals surface area (Å²) in [6, 6.07) is 10.5. The third kappa shape index (κ3) is 5.02. The zero-order valence-corrected chi connectivity index (χ0v) is 21.7. The molecule has 2 aliphatic carbocycles. The molecule has 0 aliphatic heterocycles. The average molecular weight is 511 g/mol. The number of esters is 1. The molecule has 2 aromatic heterocycles. The molecule has 2 aliphatic rings. The molecule has 1 aromatic carbocycles. The molecule has 0 spiro atoms. The van der Waals surface area contributed by atoms with Crippen LogP contribution in [0, 0.1) is 0 Å². The van der Waals surface area contributed by atoms with E-state index in [4.69, 9.17) is 4.74 Å². The number of amides is 1. The van der Waals surface area contributed by atoms with E-state index in [0.717, 1.165) is 61.6 Å². The van der Waals surface area contributed by atoms with Crippen LogP contribution < -0.4 is 5.32 Å². The fraction of sp³-hybridized carbons (Fsp3) is 0.462. The number of hydrogen-bond donors (Lipinski definition) is 1. The highest BCUT2D eigenvalue weighted by atomic mass is 32.2. The van der Waals surface area contributed by atoms with Gasteiger partial charge in [0.2, 0.25) is 5.91 Å². The molecule has 5 rings (SSSR count). The molecule has 2 atom stereocenters. The Morgan fingerprint density at radius 3 is 2.71 bits per heavy atom. The van der Waals surface area contributed by atoms with Gasteiger partial charge in [-0.3, -0.25) is 4.79 Å². The number of carbonyl (C=O) groups excluding carboxylic acids is 2. The zero-order chi connectivity index (χ0) is 24.4. The van der Waals surface area contributed by atoms with Gasteiger partial charge in [0.15, 0.2) is 5.16 Å². The van der Waals surface area contributed by atoms with Gasteiger partial charge in [-0.05, 0) is 56.1 Å². The van der Waals surface area contributed by atoms with E-state index in [1.807, 2.05) is 6.07 Å². The molecule has 1 fully saturated rings. The second-order valence-corrected chi connectivity index (χ2v) is 11.1. The monoisotopic (exact) mass is 510 g/mol. The van der Waals surface area contributed by atoms with E-state index in [0.29, 0.717) is 22.4 Å². The lowest BCUT2D eigenvalue weighted by molar-refractivity contribution is -0.113. The Hall–Kier alpha value is -2.65. The summed E-state index contributed by atoms with van der Waals surface area (Å²) in [5.41, 5.74) is 2.93. The summed E-state index contributed by atoms with van der Waals surface area (Å²) in [6.07, 6.45) is 6.20. The maximum atomic E-state index is 12.9. The van der Waals surface area contributed by atoms with E-state index in [1.165, 1.54) is 40.6 Å². The summed E-state index contributed by atoms with van der Waals surface area (Å²) >= 11 is 2.90. The summed E-state index contributed by atoms with van der Waals surface area (Å²) in [6.45, 7) is 2.84. The minimum atomic E-state index is -0.375. The maximum absolute atomic E-state index is 12.9. The van der Waals surface area contributed by atoms with E-state index in [2.05, 4.69) is 51.3 Å². The second-order valence-electron chi connectivity index (χ2n) is 9.04. The number of benzene rings is 1. The molecule has 2 heterocycles. The molecule has 0 saturated heterocycles. The summed E-state index contributed by atoms with van der Waals surface area (Å²) in [4.78, 5) is 26.6. The normalized spacial score (nSPS) is 19.0. The Morgan fingerprint density at radius 2 is 1.94 bits per heavy atom. The van der Waals surface area contributed by atoms with Gasteiger partial charge in [0.05, 0.1) is 18.4 Å². The fourth-order valence-electron chi connectivity index (χ4n) is 4.97. The van der Waals surface area contributed by atoms with E-state index in [-0.39, 0.29) is 17.6 Å². The highest BCUT2D eigenvalue weighted by molar-refractivity contribution is 7.99. The standard InChI is InChI=1S/C26H30N4O3S2/c1-3-30-23(19-14-18(19)16-10-6-4-7-11-16)28-29-26(30)34-15-21(31)27-24-22(25(32)33-2)17-12-8-5-9-13-20(17)35-24/h4,6-7,10-11,18-19H,3,5,8-9,12-15H2,1-2H3,(H,27,31). The number of hydrogen-bond acceptors (Lipinski definition) is 7. The van der Waals surface area contributed by atoms with Crippen molar-refractivity contribution in [3.8, 4) is 0 Å². The summed E-state index contributed by atoms with van der Waals surface area (Å²) < 4.78 is 7.17. The molecule has 1 N–H and O–H groups in total. The van der Waals surface area contributed by atoms with Crippen LogP contribution in [0.2, 0.25) is 0 Å². The molecular formula is C26H30N4O3S2. The van der Waals surface area contributed by atoms with Gasteiger partial charge < -0.3 is 14.6 Å². The third-order valence-electron chi connectivity index (χ3n) is 6.81. The first kappa shape index (κ1) is 24.1. The zero-order valence-electron chi connectivity index (χ0n) is 20.1. The second kappa shape index (κ2) is 10.5. The van der Waals surface area contributed by atoms with Crippen LogP contribution in [0.1, 0.15) is 76.6 Å². The minimum absolute atomic E-state index is 0.155. The number of rotatable bonds is 8. The number of nitrogens with one attached hydrogen (secondary N) is 1. The van der Waals surface area contributed by atoms with Crippen LogP contribution in [0.25, 0.3) is 0 Å². The fourth-order valence-corrected chi connectivity index (χ4v) is 7.07. The lowest BCUT2D eigenvalue weighted by Gasteiger charge is -2.09. The topological polar surface area (TPSA) is 86.1 Å². The van der Waals surface area contributed by atoms with Gasteiger partial charge in [0, 0.05) is 17.3 Å². The van der Waals surface area contributed by atoms with Gasteiger partial charge in [-0.25, -0.2) is 4.79 Å². The van der Waals surface area contributed by atoms with E-state index >= 15 is 0 Å². The number of aromatic nitrogens is 3. The van der Waals surface area contributed by atoms with Gasteiger partial charge in [-0.15, -0.1) is 21.5 Å². The SMILES string of the molecule is CCn1c(SCC(=O)Nc2sc3c(c2C(=O)OC)CCCCC3)nnc1C1CC1c1ccccc1. The van der Waals surface area contributed by atoms with E-state index < -0.39 is 0 Å². The van der Waals surface area contributed by atoms with Crippen molar-refractivity contribution in [2.45, 2.75) is 69.0 Å². The molecule has 1 saturated carbocycles. The predicted molar refractivity (Wildman–Crippen MR) is 139 cm³/mol. The van der Waals surface area contributed by atoms with Crippen LogP contribution >= 0.6 is 23.1 Å². The molecule has 2 unspecified atom stereocenters. The number of ether oxygens (including phenoxy) is 1. The summed E-state index contributed by atoms with van der Waals surface area (Å²) in [7, 11) is 1.39. The molecule has 0 radical (unpaired) electrons. The third-order valence-corrected chi connectivity index (χ3v) is 8.98. The first-order valence-electron chi connectivity index (χ1n) is 12.2. The quantitative estimate of drug-likeness (QED) is 0.248. The number of methoxy groups -OCH3 is 1. The predicted octanol–water partition coefficient (Wildman–Crippen LogP) is 5.42. The number of nitrogens with zero attached hydrogens (tertiary/aromatic N) is 3. The van der Waals surface area contributed by atoms with Crippen LogP contribution in [-0.4, -0.2) is 39.5 Å². The molecular weight excluding hydrogens is 480 g/mol. The van der Waals surface area contributed by atoms with Crippen LogP contribution in [0.3, 0.4) is 0 Å². The molecule has 35 heavy (non-hydrogen) atoms. The molecule has 184 valence electrons. The lowest BCUT2D eigenvalue weighted by atomic mass is 10.1. The number of anilines is 1. The van der Waals surface area contributed by atoms with Gasteiger partial charge in [-0.1, -0.05) is 48.5 Å². The number of thioether (sulfide) groups is 1. The van der Waals surface area contributed by atoms with E-state index in [1.54, 1.807) is 0 Å². The van der Waals surface area contributed by atoms with Crippen molar-refractivity contribution < 1.29 is 14.3 Å². The van der Waals surface area contributed by atoms with Crippen molar-refractivity contribution in [2.24, 2.45) is 0 Å². The van der Waals surface area contributed by atoms with Crippen LogP contribution in [-0.2, 0) is 28.9 Å². The first-order chi connectivity index (χ1) is 17.1. The molecule has 7 nitrogen and oxygen atoms in total. The molecule has 0 bridgehead atoms. The Labute approximate surface area is 213 Å². The van der Waals surface area contributed by atoms with Gasteiger partial charge in [0.1, 0.15) is 10.8 Å². The lowest BCUT2D eigenvalue weighted by Crippen LogP contribution is -2.16. The maximum Gasteiger partial charge on any atom is 0.341 e. The van der Waals surface area contributed by atoms with Crippen molar-refractivity contribution in [2.75, 3.05) is 18.2 Å². The van der Waals surface area contributed by atoms with Crippen LogP contribution in [0.15, 0.2) is 35.5 Å². The number of aryl methyl sites for hydroxylation is 1. The first-order valence-corrected chi connectivity index (χ1v) is 14.0. The summed E-state index contributed by atoms with van der Waals surface area (Å²) in [5.74, 6) is 1.53. The number of thiophene rings is 1. The summed E-state index contributed by atoms with van der Waals surface area (Å²) in [5, 5.41) is 13.2. The van der Waals surface area contributed by atoms with Gasteiger partial charge >= 0.3 is 5.97 Å². The van der Waals surface area contributed by atoms with Crippen molar-refractivity contribution >= 4 is 40.0 Å².